The molecule has 2 amide bonds. The summed E-state index contributed by atoms with van der Waals surface area (Å²) in [4.78, 5) is 11.9. The molecule has 0 unspecified atom stereocenters. The number of amides is 2. The summed E-state index contributed by atoms with van der Waals surface area (Å²) < 4.78 is 15.6. The van der Waals surface area contributed by atoms with Crippen LogP contribution in [0, 0.1) is 5.82 Å². The van der Waals surface area contributed by atoms with E-state index in [-0.39, 0.29) is 18.7 Å². The summed E-state index contributed by atoms with van der Waals surface area (Å²) in [5, 5.41) is 23.5. The van der Waals surface area contributed by atoms with Crippen LogP contribution in [0.3, 0.4) is 0 Å². The Morgan fingerprint density at radius 2 is 2.08 bits per heavy atom. The lowest BCUT2D eigenvalue weighted by Crippen LogP contribution is -2.38. The molecule has 0 spiro atoms. The molecule has 0 aliphatic carbocycles. The number of fused-ring (bicyclic) bond motifs is 1. The highest BCUT2D eigenvalue weighted by Crippen LogP contribution is 2.16. The first-order valence-corrected chi connectivity index (χ1v) is 8.50. The number of hydrogen-bond acceptors (Lipinski definition) is 4. The SMILES string of the molecule is O=C(NCc1nnc2n1CCCCC2)NC[C@H](O)c1ccccc1F. The molecule has 1 aromatic carbocycles. The number of aliphatic hydroxyl groups excluding tert-OH is 1. The summed E-state index contributed by atoms with van der Waals surface area (Å²) in [7, 11) is 0. The molecular weight excluding hydrogens is 325 g/mol. The van der Waals surface area contributed by atoms with E-state index in [1.807, 2.05) is 0 Å². The number of halogens is 1. The highest BCUT2D eigenvalue weighted by molar-refractivity contribution is 5.73. The van der Waals surface area contributed by atoms with E-state index in [2.05, 4.69) is 25.4 Å². The minimum atomic E-state index is -1.10. The van der Waals surface area contributed by atoms with Crippen LogP contribution in [0.1, 0.15) is 42.6 Å². The lowest BCUT2D eigenvalue weighted by Gasteiger charge is -2.14. The Kier molecular flexibility index (Phi) is 5.60. The molecule has 0 radical (unpaired) electrons. The number of hydrogen-bond donors (Lipinski definition) is 3. The molecule has 1 aromatic heterocycles. The Labute approximate surface area is 145 Å². The van der Waals surface area contributed by atoms with Gasteiger partial charge in [-0.05, 0) is 18.9 Å². The van der Waals surface area contributed by atoms with Gasteiger partial charge in [0.15, 0.2) is 5.82 Å². The normalized spacial score (nSPS) is 15.1. The average Bonchev–Trinajstić information content (AvgIpc) is 2.84. The molecule has 1 atom stereocenters. The van der Waals surface area contributed by atoms with Crippen LogP contribution in [-0.2, 0) is 19.5 Å². The fourth-order valence-electron chi connectivity index (χ4n) is 2.94. The van der Waals surface area contributed by atoms with E-state index in [1.54, 1.807) is 12.1 Å². The second-order valence-electron chi connectivity index (χ2n) is 6.10. The van der Waals surface area contributed by atoms with Gasteiger partial charge in [-0.3, -0.25) is 0 Å². The molecule has 0 saturated heterocycles. The van der Waals surface area contributed by atoms with Crippen molar-refractivity contribution in [2.24, 2.45) is 0 Å². The Bertz CT molecular complexity index is 734. The molecular formula is C17H22FN5O2. The smallest absolute Gasteiger partial charge is 0.315 e. The van der Waals surface area contributed by atoms with Crippen LogP contribution in [-0.4, -0.2) is 32.4 Å². The zero-order valence-electron chi connectivity index (χ0n) is 13.9. The molecule has 3 rings (SSSR count). The van der Waals surface area contributed by atoms with Crippen molar-refractivity contribution in [1.29, 1.82) is 0 Å². The van der Waals surface area contributed by atoms with Gasteiger partial charge in [-0.1, -0.05) is 24.6 Å². The van der Waals surface area contributed by atoms with Gasteiger partial charge in [0.05, 0.1) is 12.6 Å². The highest BCUT2D eigenvalue weighted by Gasteiger charge is 2.16. The maximum Gasteiger partial charge on any atom is 0.315 e. The minimum absolute atomic E-state index is 0.0787. The summed E-state index contributed by atoms with van der Waals surface area (Å²) in [6.07, 6.45) is 3.17. The number of aromatic nitrogens is 3. The molecule has 1 aliphatic rings. The van der Waals surface area contributed by atoms with Crippen molar-refractivity contribution in [3.8, 4) is 0 Å². The number of aliphatic hydroxyl groups is 1. The van der Waals surface area contributed by atoms with Gasteiger partial charge < -0.3 is 20.3 Å². The van der Waals surface area contributed by atoms with Crippen LogP contribution >= 0.6 is 0 Å². The summed E-state index contributed by atoms with van der Waals surface area (Å²) in [6.45, 7) is 1.05. The van der Waals surface area contributed by atoms with Gasteiger partial charge in [0.2, 0.25) is 0 Å². The Morgan fingerprint density at radius 3 is 2.92 bits per heavy atom. The van der Waals surface area contributed by atoms with E-state index in [4.69, 9.17) is 0 Å². The minimum Gasteiger partial charge on any atom is -0.386 e. The zero-order valence-corrected chi connectivity index (χ0v) is 13.9. The maximum atomic E-state index is 13.6. The van der Waals surface area contributed by atoms with Gasteiger partial charge in [0, 0.05) is 25.1 Å². The van der Waals surface area contributed by atoms with Crippen molar-refractivity contribution < 1.29 is 14.3 Å². The quantitative estimate of drug-likeness (QED) is 0.767. The van der Waals surface area contributed by atoms with Crippen molar-refractivity contribution in [3.05, 3.63) is 47.3 Å². The molecule has 2 heterocycles. The number of aryl methyl sites for hydroxylation is 1. The van der Waals surface area contributed by atoms with Crippen molar-refractivity contribution in [2.45, 2.75) is 44.9 Å². The second-order valence-corrected chi connectivity index (χ2v) is 6.10. The number of nitrogens with one attached hydrogen (secondary N) is 2. The number of urea groups is 1. The second kappa shape index (κ2) is 8.06. The standard InChI is InChI=1S/C17H22FN5O2/c18-13-7-4-3-6-12(13)14(24)10-19-17(25)20-11-16-22-21-15-8-2-1-5-9-23(15)16/h3-4,6-7,14,24H,1-2,5,8-11H2,(H2,19,20,25)/t14-/m0/s1. The first-order valence-electron chi connectivity index (χ1n) is 8.50. The molecule has 25 heavy (non-hydrogen) atoms. The maximum absolute atomic E-state index is 13.6. The van der Waals surface area contributed by atoms with E-state index in [1.165, 1.54) is 18.6 Å². The van der Waals surface area contributed by atoms with Gasteiger partial charge in [-0.15, -0.1) is 10.2 Å². The Morgan fingerprint density at radius 1 is 1.24 bits per heavy atom. The molecule has 1 aliphatic heterocycles. The lowest BCUT2D eigenvalue weighted by atomic mass is 10.1. The third-order valence-electron chi connectivity index (χ3n) is 4.31. The molecule has 8 heteroatoms. The molecule has 0 saturated carbocycles. The predicted octanol–water partition coefficient (Wildman–Crippen LogP) is 1.68. The van der Waals surface area contributed by atoms with E-state index in [0.29, 0.717) is 0 Å². The van der Waals surface area contributed by atoms with Crippen LogP contribution in [0.2, 0.25) is 0 Å². The first kappa shape index (κ1) is 17.3. The molecule has 0 bridgehead atoms. The van der Waals surface area contributed by atoms with Crippen LogP contribution in [0.5, 0.6) is 0 Å². The third-order valence-corrected chi connectivity index (χ3v) is 4.31. The summed E-state index contributed by atoms with van der Waals surface area (Å²) in [6, 6.07) is 5.51. The summed E-state index contributed by atoms with van der Waals surface area (Å²) in [5.41, 5.74) is 0.158. The van der Waals surface area contributed by atoms with Crippen molar-refractivity contribution in [1.82, 2.24) is 25.4 Å². The monoisotopic (exact) mass is 347 g/mol. The van der Waals surface area contributed by atoms with E-state index in [0.717, 1.165) is 37.5 Å². The summed E-state index contributed by atoms with van der Waals surface area (Å²) >= 11 is 0. The number of nitrogens with zero attached hydrogens (tertiary/aromatic N) is 3. The van der Waals surface area contributed by atoms with E-state index >= 15 is 0 Å². The number of carbonyl (C=O) groups excluding carboxylic acids is 1. The molecule has 3 N–H and O–H groups in total. The van der Waals surface area contributed by atoms with Crippen LogP contribution < -0.4 is 10.6 Å². The van der Waals surface area contributed by atoms with Crippen LogP contribution in [0.15, 0.2) is 24.3 Å². The number of carbonyl (C=O) groups is 1. The molecule has 7 nitrogen and oxygen atoms in total. The van der Waals surface area contributed by atoms with Crippen molar-refractivity contribution in [2.75, 3.05) is 6.54 Å². The third kappa shape index (κ3) is 4.33. The Hall–Kier alpha value is -2.48. The topological polar surface area (TPSA) is 92.1 Å². The molecule has 134 valence electrons. The predicted molar refractivity (Wildman–Crippen MR) is 89.2 cm³/mol. The van der Waals surface area contributed by atoms with Crippen LogP contribution in [0.25, 0.3) is 0 Å². The van der Waals surface area contributed by atoms with Gasteiger partial charge in [0.1, 0.15) is 11.6 Å². The van der Waals surface area contributed by atoms with Crippen molar-refractivity contribution in [3.63, 3.8) is 0 Å². The van der Waals surface area contributed by atoms with Gasteiger partial charge in [0.25, 0.3) is 0 Å². The molecule has 2 aromatic rings. The average molecular weight is 347 g/mol. The highest BCUT2D eigenvalue weighted by atomic mass is 19.1. The van der Waals surface area contributed by atoms with Gasteiger partial charge in [-0.25, -0.2) is 9.18 Å². The zero-order chi connectivity index (χ0) is 17.6. The summed E-state index contributed by atoms with van der Waals surface area (Å²) in [5.74, 6) is 1.19. The first-order chi connectivity index (χ1) is 12.1. The fourth-order valence-corrected chi connectivity index (χ4v) is 2.94. The number of benzene rings is 1. The van der Waals surface area contributed by atoms with Crippen LogP contribution in [0.4, 0.5) is 9.18 Å². The number of rotatable bonds is 5. The molecule has 0 fully saturated rings. The largest absolute Gasteiger partial charge is 0.386 e. The van der Waals surface area contributed by atoms with Crippen molar-refractivity contribution >= 4 is 6.03 Å². The lowest BCUT2D eigenvalue weighted by molar-refractivity contribution is 0.169. The van der Waals surface area contributed by atoms with E-state index < -0.39 is 18.0 Å². The van der Waals surface area contributed by atoms with Gasteiger partial charge >= 0.3 is 6.03 Å². The van der Waals surface area contributed by atoms with E-state index in [9.17, 15) is 14.3 Å². The Balaban J connectivity index is 1.49. The fraction of sp³-hybridized carbons (Fsp3) is 0.471. The van der Waals surface area contributed by atoms with Gasteiger partial charge in [-0.2, -0.15) is 0 Å².